The Morgan fingerprint density at radius 1 is 1.15 bits per heavy atom. The summed E-state index contributed by atoms with van der Waals surface area (Å²) in [6.07, 6.45) is 6.20. The van der Waals surface area contributed by atoms with Crippen LogP contribution in [0.25, 0.3) is 0 Å². The van der Waals surface area contributed by atoms with E-state index >= 15 is 0 Å². The highest BCUT2D eigenvalue weighted by Gasteiger charge is 2.67. The molecule has 6 rings (SSSR count). The van der Waals surface area contributed by atoms with E-state index in [1.807, 2.05) is 25.1 Å². The van der Waals surface area contributed by atoms with Gasteiger partial charge in [0.2, 0.25) is 17.7 Å². The van der Waals surface area contributed by atoms with Crippen LogP contribution in [0.5, 0.6) is 0 Å². The van der Waals surface area contributed by atoms with Crippen molar-refractivity contribution >= 4 is 39.3 Å². The topological polar surface area (TPSA) is 66.5 Å². The first-order valence-electron chi connectivity index (χ1n) is 9.61. The Balaban J connectivity index is 1.33. The summed E-state index contributed by atoms with van der Waals surface area (Å²) < 4.78 is 0.952. The van der Waals surface area contributed by atoms with E-state index in [0.717, 1.165) is 28.6 Å². The van der Waals surface area contributed by atoms with Crippen molar-refractivity contribution in [1.29, 1.82) is 0 Å². The van der Waals surface area contributed by atoms with Crippen molar-refractivity contribution in [3.8, 4) is 0 Å². The van der Waals surface area contributed by atoms with E-state index in [2.05, 4.69) is 33.4 Å². The molecule has 4 aliphatic carbocycles. The average molecular weight is 429 g/mol. The number of imide groups is 1. The lowest BCUT2D eigenvalue weighted by molar-refractivity contribution is -0.142. The maximum absolute atomic E-state index is 12.9. The summed E-state index contributed by atoms with van der Waals surface area (Å²) in [5.41, 5.74) is 1.73. The molecule has 0 aromatic heterocycles. The fraction of sp³-hybridized carbons (Fsp3) is 0.476. The summed E-state index contributed by atoms with van der Waals surface area (Å²) in [5.74, 6) is 0.389. The highest BCUT2D eigenvalue weighted by molar-refractivity contribution is 9.10. The van der Waals surface area contributed by atoms with Gasteiger partial charge in [0, 0.05) is 10.2 Å². The Bertz CT molecular complexity index is 859. The molecule has 1 saturated heterocycles. The first kappa shape index (κ1) is 17.2. The lowest BCUT2D eigenvalue weighted by atomic mass is 9.63. The van der Waals surface area contributed by atoms with Crippen LogP contribution in [0.1, 0.15) is 18.9 Å². The van der Waals surface area contributed by atoms with Gasteiger partial charge in [-0.05, 0) is 60.3 Å². The molecule has 1 heterocycles. The highest BCUT2D eigenvalue weighted by atomic mass is 79.9. The molecule has 5 nitrogen and oxygen atoms in total. The number of carbonyl (C=O) groups is 3. The van der Waals surface area contributed by atoms with Gasteiger partial charge in [0.25, 0.3) is 0 Å². The number of anilines is 1. The first-order valence-corrected chi connectivity index (χ1v) is 10.4. The summed E-state index contributed by atoms with van der Waals surface area (Å²) in [5, 5.41) is 2.87. The van der Waals surface area contributed by atoms with E-state index in [0.29, 0.717) is 11.8 Å². The summed E-state index contributed by atoms with van der Waals surface area (Å²) >= 11 is 3.43. The minimum Gasteiger partial charge on any atom is -0.324 e. The van der Waals surface area contributed by atoms with E-state index in [9.17, 15) is 14.4 Å². The zero-order valence-electron chi connectivity index (χ0n) is 15.0. The smallest absolute Gasteiger partial charge is 0.244 e. The number of benzene rings is 1. The van der Waals surface area contributed by atoms with Gasteiger partial charge in [-0.15, -0.1) is 0 Å². The predicted octanol–water partition coefficient (Wildman–Crippen LogP) is 3.00. The van der Waals surface area contributed by atoms with E-state index in [4.69, 9.17) is 0 Å². The van der Waals surface area contributed by atoms with Crippen molar-refractivity contribution in [2.24, 2.45) is 35.5 Å². The second-order valence-corrected chi connectivity index (χ2v) is 9.04. The largest absolute Gasteiger partial charge is 0.324 e. The van der Waals surface area contributed by atoms with Crippen molar-refractivity contribution in [1.82, 2.24) is 4.90 Å². The molecule has 1 aliphatic heterocycles. The molecule has 140 valence electrons. The Morgan fingerprint density at radius 2 is 1.78 bits per heavy atom. The number of carbonyl (C=O) groups excluding carboxylic acids is 3. The molecule has 0 unspecified atom stereocenters. The zero-order chi connectivity index (χ0) is 18.9. The number of rotatable bonds is 4. The number of likely N-dealkylation sites (tertiary alicyclic amines) is 1. The minimum atomic E-state index is -0.321. The Morgan fingerprint density at radius 3 is 2.37 bits per heavy atom. The number of hydrogen-bond donors (Lipinski definition) is 1. The predicted molar refractivity (Wildman–Crippen MR) is 104 cm³/mol. The van der Waals surface area contributed by atoms with Crippen LogP contribution in [0.3, 0.4) is 0 Å². The van der Waals surface area contributed by atoms with Gasteiger partial charge in [0.05, 0.1) is 11.8 Å². The molecule has 1 aromatic rings. The molecule has 1 aromatic carbocycles. The monoisotopic (exact) mass is 428 g/mol. The van der Waals surface area contributed by atoms with E-state index < -0.39 is 0 Å². The van der Waals surface area contributed by atoms with Gasteiger partial charge in [0.1, 0.15) is 6.54 Å². The van der Waals surface area contributed by atoms with Crippen LogP contribution < -0.4 is 5.32 Å². The van der Waals surface area contributed by atoms with Crippen molar-refractivity contribution in [2.45, 2.75) is 19.8 Å². The van der Waals surface area contributed by atoms with Gasteiger partial charge in [-0.2, -0.15) is 0 Å². The Hall–Kier alpha value is -1.95. The average Bonchev–Trinajstić information content (AvgIpc) is 3.44. The van der Waals surface area contributed by atoms with E-state index in [-0.39, 0.29) is 47.9 Å². The minimum absolute atomic E-state index is 0.156. The number of halogens is 1. The van der Waals surface area contributed by atoms with Crippen molar-refractivity contribution < 1.29 is 14.4 Å². The van der Waals surface area contributed by atoms with Gasteiger partial charge in [-0.25, -0.2) is 0 Å². The molecular weight excluding hydrogens is 408 g/mol. The molecule has 6 heteroatoms. The quantitative estimate of drug-likeness (QED) is 0.591. The van der Waals surface area contributed by atoms with Crippen LogP contribution in [-0.2, 0) is 20.8 Å². The lowest BCUT2D eigenvalue weighted by Crippen LogP contribution is -2.40. The maximum atomic E-state index is 12.9. The molecule has 5 aliphatic rings. The van der Waals surface area contributed by atoms with Crippen molar-refractivity contribution in [2.75, 3.05) is 11.9 Å². The van der Waals surface area contributed by atoms with Crippen LogP contribution in [0.2, 0.25) is 0 Å². The number of nitrogens with zero attached hydrogens (tertiary/aromatic N) is 1. The summed E-state index contributed by atoms with van der Waals surface area (Å²) in [6.45, 7) is 1.82. The molecule has 2 bridgehead atoms. The standard InChI is InChI=1S/C21H21BrN2O3/c1-2-10-7-11(22)3-6-16(10)23-17(25)9-24-20(26)18-12-4-5-13(15-8-14(12)15)19(18)21(24)27/h3-7,12-15,18-19H,2,8-9H2,1H3,(H,23,25)/t12-,13-,14-,15+,18-,19+/m0/s1. The summed E-state index contributed by atoms with van der Waals surface area (Å²) in [7, 11) is 0. The number of allylic oxidation sites excluding steroid dienone is 2. The third kappa shape index (κ3) is 2.53. The van der Waals surface area contributed by atoms with E-state index in [1.165, 1.54) is 4.90 Å². The Kier molecular flexibility index (Phi) is 3.83. The SMILES string of the molecule is CCc1cc(Br)ccc1NC(=O)CN1C(=O)[C@@H]2[C@H]3C=C[C@@H]([C@@H]4C[C@H]34)[C@@H]2C1=O. The molecule has 2 saturated carbocycles. The van der Waals surface area contributed by atoms with Crippen LogP contribution in [0.15, 0.2) is 34.8 Å². The van der Waals surface area contributed by atoms with Crippen LogP contribution >= 0.6 is 15.9 Å². The molecule has 3 amide bonds. The second kappa shape index (κ2) is 6.03. The Labute approximate surface area is 166 Å². The lowest BCUT2D eigenvalue weighted by Gasteiger charge is -2.37. The third-order valence-electron chi connectivity index (χ3n) is 6.78. The zero-order valence-corrected chi connectivity index (χ0v) is 16.6. The van der Waals surface area contributed by atoms with Gasteiger partial charge >= 0.3 is 0 Å². The highest BCUT2D eigenvalue weighted by Crippen LogP contribution is 2.65. The number of amides is 3. The first-order chi connectivity index (χ1) is 13.0. The molecule has 27 heavy (non-hydrogen) atoms. The molecule has 3 fully saturated rings. The molecule has 1 N–H and O–H groups in total. The number of hydrogen-bond acceptors (Lipinski definition) is 3. The van der Waals surface area contributed by atoms with Crippen LogP contribution in [-0.4, -0.2) is 29.2 Å². The van der Waals surface area contributed by atoms with Gasteiger partial charge in [-0.1, -0.05) is 35.0 Å². The van der Waals surface area contributed by atoms with Gasteiger partial charge in [0.15, 0.2) is 0 Å². The normalized spacial score (nSPS) is 35.3. The van der Waals surface area contributed by atoms with Gasteiger partial charge < -0.3 is 5.32 Å². The summed E-state index contributed by atoms with van der Waals surface area (Å²) in [6, 6.07) is 5.67. The molecule has 6 atom stereocenters. The maximum Gasteiger partial charge on any atom is 0.244 e. The van der Waals surface area contributed by atoms with Crippen LogP contribution in [0, 0.1) is 35.5 Å². The molecular formula is C21H21BrN2O3. The molecule has 0 radical (unpaired) electrons. The van der Waals surface area contributed by atoms with Crippen molar-refractivity contribution in [3.05, 3.63) is 40.4 Å². The summed E-state index contributed by atoms with van der Waals surface area (Å²) in [4.78, 5) is 39.7. The third-order valence-corrected chi connectivity index (χ3v) is 7.27. The fourth-order valence-corrected chi connectivity index (χ4v) is 5.89. The second-order valence-electron chi connectivity index (χ2n) is 8.12. The van der Waals surface area contributed by atoms with Gasteiger partial charge in [-0.3, -0.25) is 19.3 Å². The van der Waals surface area contributed by atoms with E-state index in [1.54, 1.807) is 0 Å². The fourth-order valence-electron chi connectivity index (χ4n) is 5.48. The molecule has 0 spiro atoms. The number of nitrogens with one attached hydrogen (secondary N) is 1. The van der Waals surface area contributed by atoms with Crippen molar-refractivity contribution in [3.63, 3.8) is 0 Å². The number of aryl methyl sites for hydroxylation is 1. The van der Waals surface area contributed by atoms with Crippen LogP contribution in [0.4, 0.5) is 5.69 Å².